The molecule has 5 nitrogen and oxygen atoms in total. The lowest BCUT2D eigenvalue weighted by atomic mass is 10.2. The normalized spacial score (nSPS) is 11.1. The third-order valence-electron chi connectivity index (χ3n) is 4.53. The van der Waals surface area contributed by atoms with Crippen LogP contribution in [0.25, 0.3) is 20.7 Å². The Balaban J connectivity index is 1.97. The molecular formula is C21H25N3O2S. The second-order valence-corrected chi connectivity index (χ2v) is 7.66. The average molecular weight is 384 g/mol. The van der Waals surface area contributed by atoms with E-state index in [1.807, 2.05) is 41.3 Å². The first-order chi connectivity index (χ1) is 13.0. The number of rotatable bonds is 7. The number of hydrogen-bond donors (Lipinski definition) is 0. The zero-order chi connectivity index (χ0) is 19.4. The standard InChI is InChI=1S/C21H25N3O2S/c1-4-11-23(12-5-2)19(25)14-24-15(3)22-20-17(21(24)26)13-18(27-20)16-9-7-6-8-10-16/h6-10,13H,4-5,11-12,14H2,1-3H3. The summed E-state index contributed by atoms with van der Waals surface area (Å²) in [6.45, 7) is 7.37. The van der Waals surface area contributed by atoms with Crippen molar-refractivity contribution in [2.45, 2.75) is 40.2 Å². The summed E-state index contributed by atoms with van der Waals surface area (Å²) in [5, 5.41) is 0.579. The van der Waals surface area contributed by atoms with Crippen molar-refractivity contribution in [3.05, 3.63) is 52.6 Å². The van der Waals surface area contributed by atoms with Crippen LogP contribution in [-0.4, -0.2) is 33.4 Å². The van der Waals surface area contributed by atoms with E-state index < -0.39 is 0 Å². The Bertz CT molecular complexity index is 986. The van der Waals surface area contributed by atoms with Gasteiger partial charge >= 0.3 is 0 Å². The minimum absolute atomic E-state index is 0.0245. The molecule has 0 spiro atoms. The van der Waals surface area contributed by atoms with Crippen molar-refractivity contribution in [1.82, 2.24) is 14.5 Å². The lowest BCUT2D eigenvalue weighted by Crippen LogP contribution is -2.38. The number of nitrogens with zero attached hydrogens (tertiary/aromatic N) is 3. The van der Waals surface area contributed by atoms with E-state index in [9.17, 15) is 9.59 Å². The number of fused-ring (bicyclic) bond motifs is 1. The van der Waals surface area contributed by atoms with Crippen LogP contribution in [0.3, 0.4) is 0 Å². The molecule has 0 fully saturated rings. The molecule has 0 bridgehead atoms. The van der Waals surface area contributed by atoms with Gasteiger partial charge in [-0.25, -0.2) is 4.98 Å². The zero-order valence-corrected chi connectivity index (χ0v) is 16.9. The van der Waals surface area contributed by atoms with Gasteiger partial charge in [-0.15, -0.1) is 11.3 Å². The van der Waals surface area contributed by atoms with Crippen LogP contribution in [0.2, 0.25) is 0 Å². The number of hydrogen-bond acceptors (Lipinski definition) is 4. The van der Waals surface area contributed by atoms with E-state index >= 15 is 0 Å². The van der Waals surface area contributed by atoms with Crippen LogP contribution >= 0.6 is 11.3 Å². The summed E-state index contributed by atoms with van der Waals surface area (Å²) < 4.78 is 1.50. The largest absolute Gasteiger partial charge is 0.341 e. The molecule has 3 aromatic rings. The van der Waals surface area contributed by atoms with Crippen molar-refractivity contribution in [3.8, 4) is 10.4 Å². The Kier molecular flexibility index (Phi) is 6.06. The SMILES string of the molecule is CCCN(CCC)C(=O)Cn1c(C)nc2sc(-c3ccccc3)cc2c1=O. The van der Waals surface area contributed by atoms with Gasteiger partial charge < -0.3 is 4.90 Å². The van der Waals surface area contributed by atoms with Crippen LogP contribution in [0.4, 0.5) is 0 Å². The fourth-order valence-corrected chi connectivity index (χ4v) is 4.26. The molecule has 0 aliphatic heterocycles. The number of amides is 1. The van der Waals surface area contributed by atoms with Gasteiger partial charge in [-0.05, 0) is 31.4 Å². The molecule has 27 heavy (non-hydrogen) atoms. The quantitative estimate of drug-likeness (QED) is 0.618. The average Bonchev–Trinajstić information content (AvgIpc) is 3.09. The first-order valence-electron chi connectivity index (χ1n) is 9.39. The smallest absolute Gasteiger partial charge is 0.262 e. The monoisotopic (exact) mass is 383 g/mol. The fourth-order valence-electron chi connectivity index (χ4n) is 3.18. The van der Waals surface area contributed by atoms with Crippen molar-refractivity contribution in [3.63, 3.8) is 0 Å². The molecule has 0 aliphatic rings. The van der Waals surface area contributed by atoms with Gasteiger partial charge in [0.15, 0.2) is 0 Å². The van der Waals surface area contributed by atoms with E-state index in [4.69, 9.17) is 0 Å². The van der Waals surface area contributed by atoms with Crippen molar-refractivity contribution >= 4 is 27.5 Å². The predicted molar refractivity (Wildman–Crippen MR) is 111 cm³/mol. The summed E-state index contributed by atoms with van der Waals surface area (Å²) in [7, 11) is 0. The molecular weight excluding hydrogens is 358 g/mol. The van der Waals surface area contributed by atoms with Crippen molar-refractivity contribution < 1.29 is 4.79 Å². The molecule has 3 rings (SSSR count). The first kappa shape index (κ1) is 19.3. The summed E-state index contributed by atoms with van der Waals surface area (Å²) in [5.74, 6) is 0.554. The molecule has 0 saturated carbocycles. The van der Waals surface area contributed by atoms with Crippen LogP contribution < -0.4 is 5.56 Å². The summed E-state index contributed by atoms with van der Waals surface area (Å²) >= 11 is 1.51. The van der Waals surface area contributed by atoms with Crippen molar-refractivity contribution in [2.75, 3.05) is 13.1 Å². The predicted octanol–water partition coefficient (Wildman–Crippen LogP) is 4.08. The number of aryl methyl sites for hydroxylation is 1. The summed E-state index contributed by atoms with van der Waals surface area (Å²) in [4.78, 5) is 33.9. The van der Waals surface area contributed by atoms with Gasteiger partial charge in [-0.2, -0.15) is 0 Å². The summed E-state index contributed by atoms with van der Waals surface area (Å²) in [6.07, 6.45) is 1.81. The molecule has 0 radical (unpaired) electrons. The molecule has 2 heterocycles. The van der Waals surface area contributed by atoms with Crippen LogP contribution in [0.15, 0.2) is 41.2 Å². The molecule has 0 aliphatic carbocycles. The Hall–Kier alpha value is -2.47. The molecule has 142 valence electrons. The Morgan fingerprint density at radius 1 is 1.15 bits per heavy atom. The van der Waals surface area contributed by atoms with Crippen LogP contribution in [0.1, 0.15) is 32.5 Å². The fraction of sp³-hybridized carbons (Fsp3) is 0.381. The van der Waals surface area contributed by atoms with Gasteiger partial charge in [0.1, 0.15) is 17.2 Å². The number of carbonyl (C=O) groups excluding carboxylic acids is 1. The molecule has 0 N–H and O–H groups in total. The van der Waals surface area contributed by atoms with E-state index in [-0.39, 0.29) is 18.0 Å². The molecule has 2 aromatic heterocycles. The van der Waals surface area contributed by atoms with E-state index in [2.05, 4.69) is 18.8 Å². The maximum Gasteiger partial charge on any atom is 0.262 e. The lowest BCUT2D eigenvalue weighted by molar-refractivity contribution is -0.132. The van der Waals surface area contributed by atoms with E-state index in [1.165, 1.54) is 15.9 Å². The number of thiophene rings is 1. The number of benzene rings is 1. The van der Waals surface area contributed by atoms with Gasteiger partial charge in [0.05, 0.1) is 5.39 Å². The van der Waals surface area contributed by atoms with E-state index in [0.717, 1.165) is 28.1 Å². The molecule has 0 saturated heterocycles. The third kappa shape index (κ3) is 4.11. The lowest BCUT2D eigenvalue weighted by Gasteiger charge is -2.22. The number of aromatic nitrogens is 2. The van der Waals surface area contributed by atoms with Gasteiger partial charge in [0, 0.05) is 18.0 Å². The van der Waals surface area contributed by atoms with Gasteiger partial charge in [-0.3, -0.25) is 14.2 Å². The summed E-state index contributed by atoms with van der Waals surface area (Å²) in [6, 6.07) is 11.9. The van der Waals surface area contributed by atoms with E-state index in [1.54, 1.807) is 6.92 Å². The highest BCUT2D eigenvalue weighted by Gasteiger charge is 2.18. The zero-order valence-electron chi connectivity index (χ0n) is 16.1. The van der Waals surface area contributed by atoms with Crippen LogP contribution in [0, 0.1) is 6.92 Å². The van der Waals surface area contributed by atoms with E-state index in [0.29, 0.717) is 24.3 Å². The van der Waals surface area contributed by atoms with Crippen LogP contribution in [0.5, 0.6) is 0 Å². The Morgan fingerprint density at radius 2 is 1.81 bits per heavy atom. The molecule has 6 heteroatoms. The second kappa shape index (κ2) is 8.48. The topological polar surface area (TPSA) is 55.2 Å². The Labute approximate surface area is 163 Å². The second-order valence-electron chi connectivity index (χ2n) is 6.63. The minimum Gasteiger partial charge on any atom is -0.341 e. The highest BCUT2D eigenvalue weighted by Crippen LogP contribution is 2.30. The maximum absolute atomic E-state index is 13.0. The molecule has 0 atom stereocenters. The van der Waals surface area contributed by atoms with Crippen molar-refractivity contribution in [1.29, 1.82) is 0 Å². The highest BCUT2D eigenvalue weighted by molar-refractivity contribution is 7.21. The minimum atomic E-state index is -0.141. The van der Waals surface area contributed by atoms with Gasteiger partial charge in [0.25, 0.3) is 5.56 Å². The molecule has 1 aromatic carbocycles. The third-order valence-corrected chi connectivity index (χ3v) is 5.61. The summed E-state index contributed by atoms with van der Waals surface area (Å²) in [5.41, 5.74) is 0.925. The van der Waals surface area contributed by atoms with Gasteiger partial charge in [-0.1, -0.05) is 44.2 Å². The first-order valence-corrected chi connectivity index (χ1v) is 10.2. The van der Waals surface area contributed by atoms with Crippen LogP contribution in [-0.2, 0) is 11.3 Å². The molecule has 1 amide bonds. The number of carbonyl (C=O) groups is 1. The maximum atomic E-state index is 13.0. The Morgan fingerprint density at radius 3 is 2.44 bits per heavy atom. The van der Waals surface area contributed by atoms with Gasteiger partial charge in [0.2, 0.25) is 5.91 Å². The van der Waals surface area contributed by atoms with Crippen molar-refractivity contribution in [2.24, 2.45) is 0 Å². The highest BCUT2D eigenvalue weighted by atomic mass is 32.1. The molecule has 0 unspecified atom stereocenters.